The molecular formula is C18H15FIN3O3. The third kappa shape index (κ3) is 5.25. The summed E-state index contributed by atoms with van der Waals surface area (Å²) >= 11 is 2.16. The number of benzene rings is 2. The SMILES string of the molecule is O=C(OC(COc1ccc(F)cc1)Cn1cncn1)c1ccc(I)cc1. The average Bonchev–Trinajstić information content (AvgIpc) is 3.14. The first-order valence-corrected chi connectivity index (χ1v) is 8.85. The monoisotopic (exact) mass is 467 g/mol. The van der Waals surface area contributed by atoms with Crippen molar-refractivity contribution in [3.63, 3.8) is 0 Å². The summed E-state index contributed by atoms with van der Waals surface area (Å²) in [4.78, 5) is 16.3. The predicted octanol–water partition coefficient (Wildman–Crippen LogP) is 3.33. The van der Waals surface area contributed by atoms with Gasteiger partial charge in [-0.1, -0.05) is 0 Å². The van der Waals surface area contributed by atoms with Gasteiger partial charge in [-0.25, -0.2) is 18.9 Å². The smallest absolute Gasteiger partial charge is 0.338 e. The van der Waals surface area contributed by atoms with E-state index in [0.29, 0.717) is 11.3 Å². The number of aromatic nitrogens is 3. The van der Waals surface area contributed by atoms with Crippen molar-refractivity contribution in [3.8, 4) is 5.75 Å². The summed E-state index contributed by atoms with van der Waals surface area (Å²) in [6, 6.07) is 12.7. The van der Waals surface area contributed by atoms with Crippen LogP contribution in [0, 0.1) is 9.39 Å². The summed E-state index contributed by atoms with van der Waals surface area (Å²) < 4.78 is 26.8. The zero-order chi connectivity index (χ0) is 18.4. The quantitative estimate of drug-likeness (QED) is 0.394. The van der Waals surface area contributed by atoms with Crippen molar-refractivity contribution in [3.05, 3.63) is 76.1 Å². The van der Waals surface area contributed by atoms with E-state index in [1.165, 1.54) is 36.9 Å². The second-order valence-corrected chi connectivity index (χ2v) is 6.66. The minimum Gasteiger partial charge on any atom is -0.490 e. The molecule has 0 N–H and O–H groups in total. The molecule has 1 heterocycles. The molecule has 1 unspecified atom stereocenters. The highest BCUT2D eigenvalue weighted by molar-refractivity contribution is 14.1. The molecular weight excluding hydrogens is 452 g/mol. The fraction of sp³-hybridized carbons (Fsp3) is 0.167. The van der Waals surface area contributed by atoms with E-state index >= 15 is 0 Å². The molecule has 0 aliphatic carbocycles. The number of rotatable bonds is 7. The largest absolute Gasteiger partial charge is 0.490 e. The minimum atomic E-state index is -0.589. The van der Waals surface area contributed by atoms with E-state index < -0.39 is 12.1 Å². The van der Waals surface area contributed by atoms with Crippen molar-refractivity contribution in [1.82, 2.24) is 14.8 Å². The van der Waals surface area contributed by atoms with Crippen molar-refractivity contribution in [2.75, 3.05) is 6.61 Å². The highest BCUT2D eigenvalue weighted by Crippen LogP contribution is 2.14. The first-order chi connectivity index (χ1) is 12.6. The number of ether oxygens (including phenoxy) is 2. The van der Waals surface area contributed by atoms with Crippen LogP contribution in [0.1, 0.15) is 10.4 Å². The van der Waals surface area contributed by atoms with E-state index in [0.717, 1.165) is 3.57 Å². The maximum Gasteiger partial charge on any atom is 0.338 e. The number of carbonyl (C=O) groups is 1. The van der Waals surface area contributed by atoms with Crippen molar-refractivity contribution in [1.29, 1.82) is 0 Å². The van der Waals surface area contributed by atoms with E-state index in [-0.39, 0.29) is 19.0 Å². The lowest BCUT2D eigenvalue weighted by molar-refractivity contribution is 0.0114. The van der Waals surface area contributed by atoms with Gasteiger partial charge >= 0.3 is 5.97 Å². The fourth-order valence-corrected chi connectivity index (χ4v) is 2.54. The lowest BCUT2D eigenvalue weighted by Crippen LogP contribution is -2.30. The molecule has 0 saturated carbocycles. The van der Waals surface area contributed by atoms with Gasteiger partial charge in [0.15, 0.2) is 6.10 Å². The summed E-state index contributed by atoms with van der Waals surface area (Å²) in [5.74, 6) is -0.309. The molecule has 3 aromatic rings. The number of hydrogen-bond acceptors (Lipinski definition) is 5. The normalized spacial score (nSPS) is 11.8. The fourth-order valence-electron chi connectivity index (χ4n) is 2.19. The summed E-state index contributed by atoms with van der Waals surface area (Å²) in [7, 11) is 0. The molecule has 0 bridgehead atoms. The summed E-state index contributed by atoms with van der Waals surface area (Å²) in [5, 5.41) is 4.02. The lowest BCUT2D eigenvalue weighted by Gasteiger charge is -2.18. The molecule has 0 radical (unpaired) electrons. The number of hydrogen-bond donors (Lipinski definition) is 0. The van der Waals surface area contributed by atoms with Crippen LogP contribution in [0.4, 0.5) is 4.39 Å². The van der Waals surface area contributed by atoms with Gasteiger partial charge in [0.1, 0.15) is 30.8 Å². The Bertz CT molecular complexity index is 839. The molecule has 0 aliphatic rings. The first kappa shape index (κ1) is 18.3. The molecule has 0 aliphatic heterocycles. The van der Waals surface area contributed by atoms with Crippen LogP contribution in [0.15, 0.2) is 61.2 Å². The zero-order valence-corrected chi connectivity index (χ0v) is 15.7. The van der Waals surface area contributed by atoms with E-state index in [9.17, 15) is 9.18 Å². The lowest BCUT2D eigenvalue weighted by atomic mass is 10.2. The van der Waals surface area contributed by atoms with Gasteiger partial charge in [0.2, 0.25) is 0 Å². The van der Waals surface area contributed by atoms with Crippen molar-refractivity contribution < 1.29 is 18.7 Å². The summed E-state index contributed by atoms with van der Waals surface area (Å²) in [6.07, 6.45) is 2.34. The molecule has 8 heteroatoms. The zero-order valence-electron chi connectivity index (χ0n) is 13.6. The molecule has 2 aromatic carbocycles. The van der Waals surface area contributed by atoms with Gasteiger partial charge in [0, 0.05) is 3.57 Å². The molecule has 1 aromatic heterocycles. The third-order valence-electron chi connectivity index (χ3n) is 3.46. The highest BCUT2D eigenvalue weighted by atomic mass is 127. The van der Waals surface area contributed by atoms with Crippen LogP contribution in [-0.2, 0) is 11.3 Å². The molecule has 0 amide bonds. The van der Waals surface area contributed by atoms with Crippen LogP contribution in [-0.4, -0.2) is 33.4 Å². The van der Waals surface area contributed by atoms with Gasteiger partial charge in [-0.3, -0.25) is 0 Å². The van der Waals surface area contributed by atoms with Crippen LogP contribution in [0.2, 0.25) is 0 Å². The van der Waals surface area contributed by atoms with Crippen molar-refractivity contribution >= 4 is 28.6 Å². The Morgan fingerprint density at radius 1 is 1.15 bits per heavy atom. The Morgan fingerprint density at radius 2 is 1.88 bits per heavy atom. The Labute approximate surface area is 163 Å². The average molecular weight is 467 g/mol. The Morgan fingerprint density at radius 3 is 2.54 bits per heavy atom. The van der Waals surface area contributed by atoms with Crippen molar-refractivity contribution in [2.24, 2.45) is 0 Å². The molecule has 3 rings (SSSR count). The van der Waals surface area contributed by atoms with Crippen LogP contribution in [0.3, 0.4) is 0 Å². The molecule has 0 fully saturated rings. The van der Waals surface area contributed by atoms with Gasteiger partial charge in [0.25, 0.3) is 0 Å². The van der Waals surface area contributed by atoms with Gasteiger partial charge in [-0.2, -0.15) is 5.10 Å². The number of halogens is 2. The van der Waals surface area contributed by atoms with Crippen LogP contribution < -0.4 is 4.74 Å². The standard InChI is InChI=1S/C18H15FIN3O3/c19-14-3-7-16(8-4-14)25-10-17(9-23-12-21-11-22-23)26-18(24)13-1-5-15(20)6-2-13/h1-8,11-12,17H,9-10H2. The summed E-state index contributed by atoms with van der Waals surface area (Å²) in [6.45, 7) is 0.388. The molecule has 6 nitrogen and oxygen atoms in total. The first-order valence-electron chi connectivity index (χ1n) is 7.77. The maximum atomic E-state index is 13.0. The van der Waals surface area contributed by atoms with Gasteiger partial charge in [0.05, 0.1) is 12.1 Å². The number of esters is 1. The van der Waals surface area contributed by atoms with Gasteiger partial charge in [-0.05, 0) is 71.1 Å². The maximum absolute atomic E-state index is 13.0. The van der Waals surface area contributed by atoms with Crippen LogP contribution in [0.5, 0.6) is 5.75 Å². The summed E-state index contributed by atoms with van der Waals surface area (Å²) in [5.41, 5.74) is 0.454. The minimum absolute atomic E-state index is 0.0988. The van der Waals surface area contributed by atoms with Gasteiger partial charge < -0.3 is 9.47 Å². The molecule has 134 valence electrons. The molecule has 0 spiro atoms. The molecule has 0 saturated heterocycles. The van der Waals surface area contributed by atoms with E-state index in [2.05, 4.69) is 32.7 Å². The Kier molecular flexibility index (Phi) is 6.16. The van der Waals surface area contributed by atoms with E-state index in [4.69, 9.17) is 9.47 Å². The second kappa shape index (κ2) is 8.75. The van der Waals surface area contributed by atoms with E-state index in [1.54, 1.807) is 16.8 Å². The topological polar surface area (TPSA) is 66.2 Å². The van der Waals surface area contributed by atoms with Crippen LogP contribution in [0.25, 0.3) is 0 Å². The number of nitrogens with zero attached hydrogens (tertiary/aromatic N) is 3. The third-order valence-corrected chi connectivity index (χ3v) is 4.18. The second-order valence-electron chi connectivity index (χ2n) is 5.42. The molecule has 26 heavy (non-hydrogen) atoms. The van der Waals surface area contributed by atoms with E-state index in [1.807, 2.05) is 12.1 Å². The Hall–Kier alpha value is -2.49. The van der Waals surface area contributed by atoms with Crippen molar-refractivity contribution in [2.45, 2.75) is 12.6 Å². The molecule has 1 atom stereocenters. The Balaban J connectivity index is 1.66. The predicted molar refractivity (Wildman–Crippen MR) is 100 cm³/mol. The number of carbonyl (C=O) groups excluding carboxylic acids is 1. The van der Waals surface area contributed by atoms with Gasteiger partial charge in [-0.15, -0.1) is 0 Å². The van der Waals surface area contributed by atoms with Crippen LogP contribution >= 0.6 is 22.6 Å². The highest BCUT2D eigenvalue weighted by Gasteiger charge is 2.18.